The maximum absolute atomic E-state index is 13.3. The van der Waals surface area contributed by atoms with E-state index in [2.05, 4.69) is 10.1 Å². The number of nitrogens with zero attached hydrogens (tertiary/aromatic N) is 2. The number of hydrazone groups is 1. The molecule has 1 unspecified atom stereocenters. The Balaban J connectivity index is 1.16. The summed E-state index contributed by atoms with van der Waals surface area (Å²) in [4.78, 5) is 13.3. The highest BCUT2D eigenvalue weighted by Crippen LogP contribution is 2.35. The maximum Gasteiger partial charge on any atom is 0.387 e. The van der Waals surface area contributed by atoms with Crippen molar-refractivity contribution in [1.82, 2.24) is 5.01 Å². The van der Waals surface area contributed by atoms with Crippen LogP contribution in [-0.2, 0) is 0 Å². The predicted octanol–water partition coefficient (Wildman–Crippen LogP) is 6.89. The Morgan fingerprint density at radius 3 is 2.22 bits per heavy atom. The molecule has 2 heterocycles. The molecule has 4 aromatic carbocycles. The molecule has 208 valence electrons. The number of hydrogen-bond donors (Lipinski definition) is 1. The van der Waals surface area contributed by atoms with Gasteiger partial charge in [0.25, 0.3) is 0 Å². The molecule has 0 saturated carbocycles. The fourth-order valence-electron chi connectivity index (χ4n) is 4.66. The number of carbonyl (C=O) groups excluding carboxylic acids is 1. The van der Waals surface area contributed by atoms with Crippen molar-refractivity contribution in [2.45, 2.75) is 12.5 Å². The number of nitrogens with one attached hydrogen (secondary N) is 1. The predicted molar refractivity (Wildman–Crippen MR) is 148 cm³/mol. The second kappa shape index (κ2) is 11.5. The molecule has 6 rings (SSSR count). The lowest BCUT2D eigenvalue weighted by atomic mass is 9.90. The van der Waals surface area contributed by atoms with E-state index in [1.807, 2.05) is 48.5 Å². The first kappa shape index (κ1) is 26.1. The number of anilines is 1. The van der Waals surface area contributed by atoms with Gasteiger partial charge in [-0.05, 0) is 72.3 Å². The highest BCUT2D eigenvalue weighted by molar-refractivity contribution is 6.08. The molecule has 41 heavy (non-hydrogen) atoms. The minimum absolute atomic E-state index is 0.0432. The number of benzene rings is 4. The van der Waals surface area contributed by atoms with Crippen LogP contribution < -0.4 is 24.3 Å². The lowest BCUT2D eigenvalue weighted by Crippen LogP contribution is -2.30. The van der Waals surface area contributed by atoms with Crippen LogP contribution in [0.5, 0.6) is 28.7 Å². The first-order valence-electron chi connectivity index (χ1n) is 13.0. The van der Waals surface area contributed by atoms with Crippen LogP contribution in [0.3, 0.4) is 0 Å². The Bertz CT molecular complexity index is 1550. The van der Waals surface area contributed by atoms with Crippen LogP contribution in [0, 0.1) is 0 Å². The third-order valence-electron chi connectivity index (χ3n) is 6.58. The number of rotatable bonds is 7. The van der Waals surface area contributed by atoms with Crippen molar-refractivity contribution in [3.63, 3.8) is 0 Å². The molecule has 8 nitrogen and oxygen atoms in total. The number of fused-ring (bicyclic) bond motifs is 1. The zero-order valence-corrected chi connectivity index (χ0v) is 21.7. The molecule has 0 bridgehead atoms. The van der Waals surface area contributed by atoms with Crippen LogP contribution >= 0.6 is 0 Å². The van der Waals surface area contributed by atoms with Gasteiger partial charge < -0.3 is 24.3 Å². The monoisotopic (exact) mass is 557 g/mol. The smallest absolute Gasteiger partial charge is 0.387 e. The van der Waals surface area contributed by atoms with Crippen LogP contribution in [0.4, 0.5) is 19.3 Å². The molecule has 2 aliphatic heterocycles. The van der Waals surface area contributed by atoms with Crippen molar-refractivity contribution in [1.29, 1.82) is 0 Å². The summed E-state index contributed by atoms with van der Waals surface area (Å²) < 4.78 is 46.2. The van der Waals surface area contributed by atoms with Gasteiger partial charge >= 0.3 is 12.6 Å². The second-order valence-electron chi connectivity index (χ2n) is 9.30. The molecule has 4 aromatic rings. The third-order valence-corrected chi connectivity index (χ3v) is 6.58. The average Bonchev–Trinajstić information content (AvgIpc) is 3.45. The Morgan fingerprint density at radius 1 is 0.854 bits per heavy atom. The molecule has 0 spiro atoms. The zero-order valence-electron chi connectivity index (χ0n) is 21.7. The van der Waals surface area contributed by atoms with Gasteiger partial charge in [0.05, 0.1) is 12.3 Å². The highest BCUT2D eigenvalue weighted by Gasteiger charge is 2.33. The van der Waals surface area contributed by atoms with Crippen molar-refractivity contribution in [2.24, 2.45) is 5.10 Å². The Morgan fingerprint density at radius 2 is 1.51 bits per heavy atom. The van der Waals surface area contributed by atoms with Gasteiger partial charge in [-0.25, -0.2) is 9.80 Å². The summed E-state index contributed by atoms with van der Waals surface area (Å²) in [6, 6.07) is 27.9. The summed E-state index contributed by atoms with van der Waals surface area (Å²) in [5.41, 5.74) is 3.22. The minimum Gasteiger partial charge on any atom is -0.486 e. The van der Waals surface area contributed by atoms with Crippen molar-refractivity contribution in [3.8, 4) is 28.7 Å². The van der Waals surface area contributed by atoms with Gasteiger partial charge in [-0.1, -0.05) is 30.3 Å². The molecule has 0 aromatic heterocycles. The summed E-state index contributed by atoms with van der Waals surface area (Å²) in [6.45, 7) is -1.54. The van der Waals surface area contributed by atoms with Crippen LogP contribution in [0.25, 0.3) is 0 Å². The highest BCUT2D eigenvalue weighted by atomic mass is 19.3. The lowest BCUT2D eigenvalue weighted by Gasteiger charge is -2.20. The Kier molecular flexibility index (Phi) is 7.36. The molecule has 10 heteroatoms. The van der Waals surface area contributed by atoms with Crippen molar-refractivity contribution in [3.05, 3.63) is 108 Å². The van der Waals surface area contributed by atoms with E-state index in [1.165, 1.54) is 29.3 Å². The molecule has 2 aliphatic rings. The molecular weight excluding hydrogens is 532 g/mol. The SMILES string of the molecule is O=C(Nc1ccc(Oc2ccc(OC(F)F)cc2)cc1)N1CC(c2ccccc2)C(c2ccc3c(c2)OCCO3)=N1. The Labute approximate surface area is 234 Å². The third kappa shape index (κ3) is 6.06. The van der Waals surface area contributed by atoms with Crippen LogP contribution in [0.1, 0.15) is 17.0 Å². The summed E-state index contributed by atoms with van der Waals surface area (Å²) >= 11 is 0. The fraction of sp³-hybridized carbons (Fsp3) is 0.161. The quantitative estimate of drug-likeness (QED) is 0.268. The number of urea groups is 1. The first-order valence-corrected chi connectivity index (χ1v) is 13.0. The number of hydrogen-bond acceptors (Lipinski definition) is 6. The van der Waals surface area contributed by atoms with E-state index in [9.17, 15) is 13.6 Å². The van der Waals surface area contributed by atoms with Gasteiger partial charge in [-0.2, -0.15) is 13.9 Å². The van der Waals surface area contributed by atoms with E-state index in [-0.39, 0.29) is 17.7 Å². The van der Waals surface area contributed by atoms with Crippen molar-refractivity contribution >= 4 is 17.4 Å². The zero-order chi connectivity index (χ0) is 28.2. The molecule has 0 fully saturated rings. The fourth-order valence-corrected chi connectivity index (χ4v) is 4.66. The van der Waals surface area contributed by atoms with Gasteiger partial charge in [0, 0.05) is 17.2 Å². The number of ether oxygens (including phenoxy) is 4. The van der Waals surface area contributed by atoms with E-state index >= 15 is 0 Å². The van der Waals surface area contributed by atoms with Gasteiger partial charge in [-0.15, -0.1) is 0 Å². The number of carbonyl (C=O) groups is 1. The van der Waals surface area contributed by atoms with E-state index in [1.54, 1.807) is 24.3 Å². The molecule has 2 amide bonds. The van der Waals surface area contributed by atoms with Crippen molar-refractivity contribution < 1.29 is 32.5 Å². The topological polar surface area (TPSA) is 81.6 Å². The van der Waals surface area contributed by atoms with Gasteiger partial charge in [0.1, 0.15) is 30.5 Å². The molecule has 0 aliphatic carbocycles. The second-order valence-corrected chi connectivity index (χ2v) is 9.30. The summed E-state index contributed by atoms with van der Waals surface area (Å²) in [5.74, 6) is 2.23. The largest absolute Gasteiger partial charge is 0.486 e. The number of halogens is 2. The molecular formula is C31H25F2N3O5. The normalized spacial score (nSPS) is 15.8. The molecule has 1 N–H and O–H groups in total. The van der Waals surface area contributed by atoms with Crippen LogP contribution in [0.15, 0.2) is 102 Å². The maximum atomic E-state index is 13.3. The minimum atomic E-state index is -2.89. The summed E-state index contributed by atoms with van der Waals surface area (Å²) in [7, 11) is 0. The van der Waals surface area contributed by atoms with E-state index in [0.717, 1.165) is 16.8 Å². The Hall–Kier alpha value is -5.12. The molecule has 0 saturated heterocycles. The average molecular weight is 558 g/mol. The molecule has 1 atom stereocenters. The van der Waals surface area contributed by atoms with Gasteiger partial charge in [-0.3, -0.25) is 0 Å². The van der Waals surface area contributed by atoms with E-state index in [4.69, 9.17) is 19.3 Å². The van der Waals surface area contributed by atoms with E-state index in [0.29, 0.717) is 48.4 Å². The van der Waals surface area contributed by atoms with Gasteiger partial charge in [0.2, 0.25) is 0 Å². The summed E-state index contributed by atoms with van der Waals surface area (Å²) in [6.07, 6.45) is 0. The molecule has 0 radical (unpaired) electrons. The van der Waals surface area contributed by atoms with Crippen LogP contribution in [0.2, 0.25) is 0 Å². The number of alkyl halides is 2. The van der Waals surface area contributed by atoms with Crippen LogP contribution in [-0.4, -0.2) is 43.1 Å². The van der Waals surface area contributed by atoms with Gasteiger partial charge in [0.15, 0.2) is 11.5 Å². The summed E-state index contributed by atoms with van der Waals surface area (Å²) in [5, 5.41) is 9.03. The van der Waals surface area contributed by atoms with Crippen molar-refractivity contribution in [2.75, 3.05) is 25.1 Å². The lowest BCUT2D eigenvalue weighted by molar-refractivity contribution is -0.0498. The number of amides is 2. The van der Waals surface area contributed by atoms with E-state index < -0.39 is 6.61 Å². The first-order chi connectivity index (χ1) is 20.0. The standard InChI is InChI=1S/C31H25F2N3O5/c32-30(33)41-25-13-11-24(12-14-25)40-23-9-7-22(8-10-23)34-31(37)36-19-26(20-4-2-1-3-5-20)29(35-36)21-6-15-27-28(18-21)39-17-16-38-27/h1-15,18,26,30H,16-17,19H2,(H,34,37).